The third-order valence-corrected chi connectivity index (χ3v) is 8.22. The van der Waals surface area contributed by atoms with Gasteiger partial charge in [-0.3, -0.25) is 9.59 Å². The Morgan fingerprint density at radius 3 is 2.56 bits per heavy atom. The van der Waals surface area contributed by atoms with E-state index < -0.39 is 9.84 Å². The number of hydrogen-bond acceptors (Lipinski definition) is 6. The summed E-state index contributed by atoms with van der Waals surface area (Å²) in [6, 6.07) is 19.8. The topological polar surface area (TPSA) is 108 Å². The van der Waals surface area contributed by atoms with Gasteiger partial charge >= 0.3 is 0 Å². The lowest BCUT2D eigenvalue weighted by atomic mass is 9.88. The van der Waals surface area contributed by atoms with Crippen molar-refractivity contribution in [2.24, 2.45) is 5.92 Å². The molecular weight excluding hydrogens is 536 g/mol. The molecule has 0 bridgehead atoms. The second-order valence-corrected chi connectivity index (χ2v) is 12.3. The Balaban J connectivity index is 1.40. The van der Waals surface area contributed by atoms with Crippen LogP contribution >= 0.6 is 11.6 Å². The fourth-order valence-electron chi connectivity index (χ4n) is 4.75. The molecule has 1 saturated heterocycles. The maximum absolute atomic E-state index is 13.1. The lowest BCUT2D eigenvalue weighted by Crippen LogP contribution is -2.53. The second kappa shape index (κ2) is 13.1. The summed E-state index contributed by atoms with van der Waals surface area (Å²) in [5, 5.41) is 6.59. The molecule has 0 saturated carbocycles. The summed E-state index contributed by atoms with van der Waals surface area (Å²) in [4.78, 5) is 32.4. The first kappa shape index (κ1) is 28.6. The van der Waals surface area contributed by atoms with Crippen molar-refractivity contribution in [3.05, 3.63) is 89.1 Å². The predicted molar refractivity (Wildman–Crippen MR) is 153 cm³/mol. The molecule has 1 aliphatic rings. The number of aromatic nitrogens is 1. The van der Waals surface area contributed by atoms with Crippen LogP contribution in [0.3, 0.4) is 0 Å². The van der Waals surface area contributed by atoms with Crippen molar-refractivity contribution in [1.29, 1.82) is 0 Å². The molecule has 2 amide bonds. The van der Waals surface area contributed by atoms with E-state index in [9.17, 15) is 18.0 Å². The van der Waals surface area contributed by atoms with Crippen LogP contribution < -0.4 is 15.5 Å². The third kappa shape index (κ3) is 8.28. The van der Waals surface area contributed by atoms with E-state index in [0.29, 0.717) is 48.9 Å². The zero-order valence-electron chi connectivity index (χ0n) is 21.8. The van der Waals surface area contributed by atoms with Crippen LogP contribution in [0.1, 0.15) is 35.2 Å². The number of pyridine rings is 1. The minimum absolute atomic E-state index is 0.0425. The molecule has 1 fully saturated rings. The molecule has 2 atom stereocenters. The molecule has 0 spiro atoms. The molecule has 0 radical (unpaired) electrons. The molecule has 2 aromatic carbocycles. The van der Waals surface area contributed by atoms with Gasteiger partial charge in [-0.05, 0) is 61.1 Å². The Morgan fingerprint density at radius 1 is 1.08 bits per heavy atom. The first-order valence-electron chi connectivity index (χ1n) is 13.0. The second-order valence-electron chi connectivity index (χ2n) is 9.85. The number of anilines is 1. The van der Waals surface area contributed by atoms with Crippen molar-refractivity contribution in [2.45, 2.75) is 36.6 Å². The average Bonchev–Trinajstić information content (AvgIpc) is 2.92. The van der Waals surface area contributed by atoms with Crippen LogP contribution in [0.2, 0.25) is 5.02 Å². The van der Waals surface area contributed by atoms with Crippen LogP contribution in [-0.4, -0.2) is 57.1 Å². The Labute approximate surface area is 234 Å². The van der Waals surface area contributed by atoms with Crippen molar-refractivity contribution >= 4 is 39.1 Å². The number of carbonyl (C=O) groups excluding carboxylic acids is 2. The number of carbonyl (C=O) groups is 2. The highest BCUT2D eigenvalue weighted by molar-refractivity contribution is 7.90. The lowest BCUT2D eigenvalue weighted by Gasteiger charge is -2.39. The highest BCUT2D eigenvalue weighted by atomic mass is 35.5. The van der Waals surface area contributed by atoms with E-state index in [1.165, 1.54) is 17.8 Å². The first-order valence-corrected chi connectivity index (χ1v) is 15.2. The molecule has 206 valence electrons. The monoisotopic (exact) mass is 568 g/mol. The van der Waals surface area contributed by atoms with Gasteiger partial charge in [0.05, 0.1) is 10.9 Å². The number of hydrogen-bond donors (Lipinski definition) is 2. The number of sulfone groups is 1. The number of nitrogens with one attached hydrogen (secondary N) is 2. The quantitative estimate of drug-likeness (QED) is 0.359. The summed E-state index contributed by atoms with van der Waals surface area (Å²) >= 11 is 6.08. The zero-order chi connectivity index (χ0) is 27.8. The fraction of sp³-hybridized carbons (Fsp3) is 0.345. The number of rotatable bonds is 10. The fourth-order valence-corrected chi connectivity index (χ4v) is 5.50. The van der Waals surface area contributed by atoms with Crippen molar-refractivity contribution in [1.82, 2.24) is 15.6 Å². The van der Waals surface area contributed by atoms with Crippen molar-refractivity contribution in [2.75, 3.05) is 30.8 Å². The van der Waals surface area contributed by atoms with E-state index >= 15 is 0 Å². The maximum atomic E-state index is 13.1. The van der Waals surface area contributed by atoms with Crippen LogP contribution in [0, 0.1) is 5.92 Å². The zero-order valence-corrected chi connectivity index (χ0v) is 23.4. The average molecular weight is 569 g/mol. The van der Waals surface area contributed by atoms with E-state index in [-0.39, 0.29) is 28.7 Å². The SMILES string of the molecule is CS(=O)(=O)c1ccc(N2CCC(CC(=O)NCCCc3ccccc3)[C@@H](NC(=O)c3cccc(Cl)c3)C2)nc1. The molecule has 1 aromatic heterocycles. The van der Waals surface area contributed by atoms with E-state index in [1.807, 2.05) is 23.1 Å². The summed E-state index contributed by atoms with van der Waals surface area (Å²) in [5.74, 6) is 0.235. The smallest absolute Gasteiger partial charge is 0.251 e. The van der Waals surface area contributed by atoms with Gasteiger partial charge in [-0.1, -0.05) is 48.0 Å². The van der Waals surface area contributed by atoms with Crippen molar-refractivity contribution in [3.8, 4) is 0 Å². The van der Waals surface area contributed by atoms with Crippen LogP contribution in [0.25, 0.3) is 0 Å². The molecule has 2 heterocycles. The number of aryl methyl sites for hydroxylation is 1. The first-order chi connectivity index (χ1) is 18.7. The predicted octanol–water partition coefficient (Wildman–Crippen LogP) is 3.90. The number of amides is 2. The molecule has 1 unspecified atom stereocenters. The van der Waals surface area contributed by atoms with Crippen LogP contribution in [-0.2, 0) is 21.1 Å². The van der Waals surface area contributed by atoms with Gasteiger partial charge < -0.3 is 15.5 Å². The van der Waals surface area contributed by atoms with Gasteiger partial charge in [0.25, 0.3) is 5.91 Å². The Kier molecular flexibility index (Phi) is 9.59. The van der Waals surface area contributed by atoms with Gasteiger partial charge in [0.1, 0.15) is 5.82 Å². The van der Waals surface area contributed by atoms with Crippen LogP contribution in [0.15, 0.2) is 77.8 Å². The molecule has 4 rings (SSSR count). The Bertz CT molecular complexity index is 1380. The summed E-state index contributed by atoms with van der Waals surface area (Å²) in [6.45, 7) is 1.65. The summed E-state index contributed by atoms with van der Waals surface area (Å²) in [6.07, 6.45) is 5.18. The number of nitrogens with zero attached hydrogens (tertiary/aromatic N) is 2. The number of benzene rings is 2. The van der Waals surface area contributed by atoms with Gasteiger partial charge in [-0.2, -0.15) is 0 Å². The highest BCUT2D eigenvalue weighted by Gasteiger charge is 2.33. The normalized spacial score (nSPS) is 17.4. The molecule has 0 aliphatic carbocycles. The van der Waals surface area contributed by atoms with Gasteiger partial charge in [0.2, 0.25) is 5.91 Å². The van der Waals surface area contributed by atoms with Crippen LogP contribution in [0.4, 0.5) is 5.82 Å². The summed E-state index contributed by atoms with van der Waals surface area (Å²) in [7, 11) is -3.35. The maximum Gasteiger partial charge on any atom is 0.251 e. The van der Waals surface area contributed by atoms with E-state index in [1.54, 1.807) is 30.3 Å². The molecule has 39 heavy (non-hydrogen) atoms. The van der Waals surface area contributed by atoms with Gasteiger partial charge in [-0.15, -0.1) is 0 Å². The molecule has 1 aliphatic heterocycles. The summed E-state index contributed by atoms with van der Waals surface area (Å²) < 4.78 is 23.6. The number of halogens is 1. The third-order valence-electron chi connectivity index (χ3n) is 6.89. The van der Waals surface area contributed by atoms with E-state index in [2.05, 4.69) is 27.8 Å². The van der Waals surface area contributed by atoms with Gasteiger partial charge in [0, 0.05) is 49.1 Å². The lowest BCUT2D eigenvalue weighted by molar-refractivity contribution is -0.122. The van der Waals surface area contributed by atoms with Gasteiger partial charge in [0.15, 0.2) is 9.84 Å². The highest BCUT2D eigenvalue weighted by Crippen LogP contribution is 2.26. The summed E-state index contributed by atoms with van der Waals surface area (Å²) in [5.41, 5.74) is 1.68. The van der Waals surface area contributed by atoms with Crippen LogP contribution in [0.5, 0.6) is 0 Å². The minimum atomic E-state index is -3.35. The van der Waals surface area contributed by atoms with Crippen molar-refractivity contribution in [3.63, 3.8) is 0 Å². The molecule has 10 heteroatoms. The van der Waals surface area contributed by atoms with Crippen molar-refractivity contribution < 1.29 is 18.0 Å². The molecular formula is C29H33ClN4O4S. The Hall–Kier alpha value is -3.43. The molecule has 3 aromatic rings. The van der Waals surface area contributed by atoms with E-state index in [4.69, 9.17) is 11.6 Å². The van der Waals surface area contributed by atoms with E-state index in [0.717, 1.165) is 19.1 Å². The largest absolute Gasteiger partial charge is 0.356 e. The Morgan fingerprint density at radius 2 is 1.87 bits per heavy atom. The standard InChI is InChI=1S/C29H33ClN4O4S/c1-39(37,38)25-12-13-27(32-19-25)34-16-14-22(18-28(35)31-15-6-9-21-7-3-2-4-8-21)26(20-34)33-29(36)23-10-5-11-24(30)17-23/h2-5,7-8,10-13,17,19,22,26H,6,9,14-16,18,20H2,1H3,(H,31,35)(H,33,36)/t22?,26-/m0/s1. The number of piperidine rings is 1. The van der Waals surface area contributed by atoms with Gasteiger partial charge in [-0.25, -0.2) is 13.4 Å². The minimum Gasteiger partial charge on any atom is -0.356 e. The molecule has 8 nitrogen and oxygen atoms in total. The molecule has 2 N–H and O–H groups in total.